The molecule has 3 aliphatic heterocycles. The quantitative estimate of drug-likeness (QED) is 0.126. The summed E-state index contributed by atoms with van der Waals surface area (Å²) in [5, 5.41) is 2.29. The average Bonchev–Trinajstić information content (AvgIpc) is 4.03. The summed E-state index contributed by atoms with van der Waals surface area (Å²) in [6, 6.07) is 12.3. The Hall–Kier alpha value is -3.39. The summed E-state index contributed by atoms with van der Waals surface area (Å²) in [6.07, 6.45) is 0. The molecule has 69 heavy (non-hydrogen) atoms. The van der Waals surface area contributed by atoms with E-state index in [0.29, 0.717) is 25.8 Å². The van der Waals surface area contributed by atoms with E-state index in [0.717, 1.165) is 72.3 Å². The van der Waals surface area contributed by atoms with Gasteiger partial charge in [-0.25, -0.2) is 25.3 Å². The molecule has 12 heteroatoms. The molecule has 4 aromatic rings. The molecule has 1 atom stereocenters. The van der Waals surface area contributed by atoms with Crippen LogP contribution >= 0.6 is 0 Å². The van der Waals surface area contributed by atoms with Crippen molar-refractivity contribution in [2.24, 2.45) is 0 Å². The molecule has 1 unspecified atom stereocenters. The molecule has 0 amide bonds. The first-order chi connectivity index (χ1) is 31.9. The summed E-state index contributed by atoms with van der Waals surface area (Å²) in [5.74, 6) is 0.0915. The van der Waals surface area contributed by atoms with Crippen LogP contribution in [0.15, 0.2) is 51.1 Å². The number of hydrogen-bond acceptors (Lipinski definition) is 7. The lowest BCUT2D eigenvalue weighted by Gasteiger charge is -2.26. The van der Waals surface area contributed by atoms with Crippen molar-refractivity contribution in [1.29, 1.82) is 0 Å². The Morgan fingerprint density at radius 1 is 0.377 bits per heavy atom. The third-order valence-corrected chi connectivity index (χ3v) is 21.1. The second-order valence-corrected chi connectivity index (χ2v) is 28.9. The monoisotopic (exact) mass is 1000 g/mol. The van der Waals surface area contributed by atoms with Gasteiger partial charge in [0.15, 0.2) is 9.84 Å². The SMILES string of the molecule is CC(C)c1cc(C(C)C)c(S(=O)(=O)C2NCc3c4c(c5c(c32)CN(S(=O)(=O)c2c(C(C)C)cc(C(C)C)cc2C(C)C)C5)CN(S(=O)(=O)c2c(C(C)C)cc(C(C)C)cc2C(C)C)C4)c(C(C)C)c1. The fourth-order valence-electron chi connectivity index (χ4n) is 11.0. The van der Waals surface area contributed by atoms with Crippen LogP contribution in [0.2, 0.25) is 0 Å². The van der Waals surface area contributed by atoms with Gasteiger partial charge in [-0.15, -0.1) is 0 Å². The average molecular weight is 1000 g/mol. The molecule has 9 nitrogen and oxygen atoms in total. The smallest absolute Gasteiger partial charge is 0.244 e. The van der Waals surface area contributed by atoms with Crippen molar-refractivity contribution in [3.05, 3.63) is 120 Å². The van der Waals surface area contributed by atoms with E-state index in [1.54, 1.807) is 4.31 Å². The van der Waals surface area contributed by atoms with Gasteiger partial charge in [-0.1, -0.05) is 161 Å². The van der Waals surface area contributed by atoms with Crippen LogP contribution in [0.5, 0.6) is 0 Å². The topological polar surface area (TPSA) is 121 Å². The molecule has 0 saturated carbocycles. The van der Waals surface area contributed by atoms with E-state index in [2.05, 4.69) is 83.3 Å². The van der Waals surface area contributed by atoms with Gasteiger partial charge in [0.2, 0.25) is 20.0 Å². The minimum atomic E-state index is -4.18. The maximum absolute atomic E-state index is 15.8. The molecule has 0 aliphatic carbocycles. The van der Waals surface area contributed by atoms with Crippen molar-refractivity contribution < 1.29 is 25.3 Å². The number of nitrogens with zero attached hydrogens (tertiary/aromatic N) is 2. The van der Waals surface area contributed by atoms with Crippen LogP contribution in [-0.2, 0) is 62.6 Å². The number of sulfonamides is 2. The van der Waals surface area contributed by atoms with Crippen molar-refractivity contribution in [3.8, 4) is 0 Å². The van der Waals surface area contributed by atoms with Crippen molar-refractivity contribution in [1.82, 2.24) is 13.9 Å². The largest absolute Gasteiger partial charge is 0.293 e. The van der Waals surface area contributed by atoms with Gasteiger partial charge < -0.3 is 0 Å². The standard InChI is InChI=1S/C57H81N3O6S3/c1-30(2)39-19-42(33(7)8)54(43(20-39)34(9)10)67(61,62)57-53-48(25-58-57)49-26-59(68(63,64)55-44(35(11)12)21-40(31(3)4)22-45(55)36(13)14)27-50(49)51-28-60(29-52(51)53)69(65,66)56-46(37(15)16)23-41(32(5)6)24-47(56)38(17)18/h19-24,30-38,57-58H,25-29H2,1-18H3. The Kier molecular flexibility index (Phi) is 14.9. The minimum absolute atomic E-state index is 0.00405. The number of nitrogens with one attached hydrogen (secondary N) is 1. The zero-order valence-corrected chi connectivity index (χ0v) is 47.3. The minimum Gasteiger partial charge on any atom is -0.293 e. The van der Waals surface area contributed by atoms with Gasteiger partial charge in [0.05, 0.1) is 14.7 Å². The molecule has 0 bridgehead atoms. The third kappa shape index (κ3) is 9.23. The van der Waals surface area contributed by atoms with Crippen LogP contribution in [0.1, 0.15) is 267 Å². The first kappa shape index (κ1) is 53.4. The van der Waals surface area contributed by atoms with Crippen LogP contribution < -0.4 is 5.32 Å². The normalized spacial score (nSPS) is 17.2. The Bertz CT molecular complexity index is 2930. The molecule has 0 spiro atoms. The first-order valence-electron chi connectivity index (χ1n) is 25.6. The van der Waals surface area contributed by atoms with Crippen LogP contribution in [0, 0.1) is 0 Å². The van der Waals surface area contributed by atoms with Crippen LogP contribution in [-0.4, -0.2) is 33.9 Å². The van der Waals surface area contributed by atoms with E-state index in [1.807, 2.05) is 83.1 Å². The summed E-state index contributed by atoms with van der Waals surface area (Å²) in [6.45, 7) is 37.5. The van der Waals surface area contributed by atoms with E-state index >= 15 is 25.3 Å². The molecule has 0 radical (unpaired) electrons. The highest BCUT2D eigenvalue weighted by Gasteiger charge is 2.48. The molecule has 3 heterocycles. The van der Waals surface area contributed by atoms with Gasteiger partial charge in [0.25, 0.3) is 0 Å². The summed E-state index contributed by atoms with van der Waals surface area (Å²) in [4.78, 5) is 1.01. The highest BCUT2D eigenvalue weighted by molar-refractivity contribution is 7.91. The Morgan fingerprint density at radius 2 is 0.638 bits per heavy atom. The predicted octanol–water partition coefficient (Wildman–Crippen LogP) is 13.8. The van der Waals surface area contributed by atoms with E-state index in [1.165, 1.54) is 4.31 Å². The van der Waals surface area contributed by atoms with Crippen molar-refractivity contribution in [2.45, 2.75) is 231 Å². The fraction of sp³-hybridized carbons (Fsp3) is 0.579. The fourth-order valence-corrected chi connectivity index (χ4v) is 17.5. The highest BCUT2D eigenvalue weighted by atomic mass is 32.2. The summed E-state index contributed by atoms with van der Waals surface area (Å²) < 4.78 is 97.1. The van der Waals surface area contributed by atoms with Gasteiger partial charge in [0.1, 0.15) is 5.37 Å². The van der Waals surface area contributed by atoms with Crippen molar-refractivity contribution >= 4 is 29.9 Å². The molecular formula is C57H81N3O6S3. The molecule has 0 saturated heterocycles. The van der Waals surface area contributed by atoms with E-state index < -0.39 is 35.3 Å². The number of hydrogen-bond donors (Lipinski definition) is 1. The molecule has 378 valence electrons. The van der Waals surface area contributed by atoms with E-state index in [9.17, 15) is 0 Å². The molecule has 0 fully saturated rings. The van der Waals surface area contributed by atoms with E-state index in [-0.39, 0.29) is 86.0 Å². The van der Waals surface area contributed by atoms with Gasteiger partial charge >= 0.3 is 0 Å². The van der Waals surface area contributed by atoms with Crippen molar-refractivity contribution in [2.75, 3.05) is 0 Å². The highest BCUT2D eigenvalue weighted by Crippen LogP contribution is 2.51. The second-order valence-electron chi connectivity index (χ2n) is 23.1. The van der Waals surface area contributed by atoms with Crippen LogP contribution in [0.25, 0.3) is 0 Å². The molecular weight excluding hydrogens is 919 g/mol. The number of rotatable bonds is 15. The maximum Gasteiger partial charge on any atom is 0.244 e. The Balaban J connectivity index is 1.48. The number of benzene rings is 4. The third-order valence-electron chi connectivity index (χ3n) is 15.2. The lowest BCUT2D eigenvalue weighted by Crippen LogP contribution is -2.29. The van der Waals surface area contributed by atoms with E-state index in [4.69, 9.17) is 0 Å². The molecule has 3 aliphatic rings. The van der Waals surface area contributed by atoms with Gasteiger partial charge in [0, 0.05) is 32.7 Å². The summed E-state index contributed by atoms with van der Waals surface area (Å²) >= 11 is 0. The molecule has 7 rings (SSSR count). The number of fused-ring (bicyclic) bond motifs is 6. The maximum atomic E-state index is 15.8. The molecule has 0 aromatic heterocycles. The van der Waals surface area contributed by atoms with Crippen LogP contribution in [0.3, 0.4) is 0 Å². The summed E-state index contributed by atoms with van der Waals surface area (Å²) in [5.41, 5.74) is 12.2. The predicted molar refractivity (Wildman–Crippen MR) is 282 cm³/mol. The Labute approximate surface area is 417 Å². The summed E-state index contributed by atoms with van der Waals surface area (Å²) in [7, 11) is -12.5. The second kappa shape index (κ2) is 19.2. The van der Waals surface area contributed by atoms with Gasteiger partial charge in [-0.3, -0.25) is 5.32 Å². The first-order valence-corrected chi connectivity index (χ1v) is 30.1. The lowest BCUT2D eigenvalue weighted by atomic mass is 9.89. The lowest BCUT2D eigenvalue weighted by molar-refractivity contribution is 0.420. The Morgan fingerprint density at radius 3 is 0.928 bits per heavy atom. The van der Waals surface area contributed by atoms with Crippen molar-refractivity contribution in [3.63, 3.8) is 0 Å². The molecule has 1 N–H and O–H groups in total. The zero-order chi connectivity index (χ0) is 51.3. The van der Waals surface area contributed by atoms with Crippen LogP contribution in [0.4, 0.5) is 0 Å². The van der Waals surface area contributed by atoms with Gasteiger partial charge in [-0.2, -0.15) is 8.61 Å². The number of sulfone groups is 1. The molecule has 4 aromatic carbocycles. The van der Waals surface area contributed by atoms with Gasteiger partial charge in [-0.05, 0) is 137 Å². The zero-order valence-electron chi connectivity index (χ0n) is 44.8.